The molecule has 0 bridgehead atoms. The summed E-state index contributed by atoms with van der Waals surface area (Å²) in [6.45, 7) is 0. The molecule has 0 aliphatic rings. The van der Waals surface area contributed by atoms with E-state index in [0.717, 1.165) is 26.5 Å². The number of aromatic nitrogens is 1. The summed E-state index contributed by atoms with van der Waals surface area (Å²) in [6, 6.07) is 5.98. The van der Waals surface area contributed by atoms with Crippen LogP contribution in [0.5, 0.6) is 0 Å². The predicted molar refractivity (Wildman–Crippen MR) is 67.4 cm³/mol. The van der Waals surface area contributed by atoms with Crippen LogP contribution < -0.4 is 0 Å². The third kappa shape index (κ3) is 2.54. The average molecular weight is 253 g/mol. The van der Waals surface area contributed by atoms with Crippen LogP contribution in [0.15, 0.2) is 22.5 Å². The molecule has 2 aromatic rings. The number of para-hydroxylation sites is 1. The summed E-state index contributed by atoms with van der Waals surface area (Å²) in [5.41, 5.74) is 2.07. The van der Waals surface area contributed by atoms with Gasteiger partial charge in [0.2, 0.25) is 0 Å². The van der Waals surface area contributed by atoms with Gasteiger partial charge < -0.3 is 5.11 Å². The molecule has 1 heterocycles. The second-order valence-electron chi connectivity index (χ2n) is 3.51. The molecule has 0 fully saturated rings. The maximum Gasteiger partial charge on any atom is 0.303 e. The monoisotopic (exact) mass is 253 g/mol. The van der Waals surface area contributed by atoms with Crippen LogP contribution in [0.25, 0.3) is 10.2 Å². The second-order valence-corrected chi connectivity index (χ2v) is 5.26. The van der Waals surface area contributed by atoms with Gasteiger partial charge in [0.25, 0.3) is 0 Å². The largest absolute Gasteiger partial charge is 0.481 e. The summed E-state index contributed by atoms with van der Waals surface area (Å²) in [6.07, 6.45) is 1.60. The molecule has 1 aromatic carbocycles. The molecular weight excluding hydrogens is 242 g/mol. The first kappa shape index (κ1) is 11.4. The van der Waals surface area contributed by atoms with Gasteiger partial charge in [-0.05, 0) is 24.5 Å². The predicted octanol–water partition coefficient (Wildman–Crippen LogP) is 2.99. The lowest BCUT2D eigenvalue weighted by molar-refractivity contribution is -0.137. The van der Waals surface area contributed by atoms with E-state index in [1.807, 2.05) is 18.2 Å². The molecule has 0 saturated heterocycles. The van der Waals surface area contributed by atoms with Crippen molar-refractivity contribution >= 4 is 40.2 Å². The van der Waals surface area contributed by atoms with Crippen LogP contribution in [0.2, 0.25) is 0 Å². The molecule has 84 valence electrons. The summed E-state index contributed by atoms with van der Waals surface area (Å²) in [7, 11) is 0. The van der Waals surface area contributed by atoms with Gasteiger partial charge in [0.15, 0.2) is 0 Å². The number of carboxylic acids is 1. The Bertz CT molecular complexity index is 522. The van der Waals surface area contributed by atoms with Crippen molar-refractivity contribution in [3.05, 3.63) is 23.8 Å². The van der Waals surface area contributed by atoms with E-state index < -0.39 is 5.97 Å². The number of aliphatic carboxylic acids is 1. The molecule has 2 rings (SSSR count). The van der Waals surface area contributed by atoms with Gasteiger partial charge in [0, 0.05) is 6.42 Å². The van der Waals surface area contributed by atoms with Crippen molar-refractivity contribution in [3.63, 3.8) is 0 Å². The van der Waals surface area contributed by atoms with Gasteiger partial charge in [-0.2, -0.15) is 0 Å². The van der Waals surface area contributed by atoms with Gasteiger partial charge in [0.05, 0.1) is 10.2 Å². The van der Waals surface area contributed by atoms with E-state index in [0.29, 0.717) is 6.42 Å². The van der Waals surface area contributed by atoms with Gasteiger partial charge in [-0.3, -0.25) is 4.79 Å². The SMILES string of the molecule is O=C(O)CCCc1cccc2sc(S)nc12. The fourth-order valence-corrected chi connectivity index (χ4v) is 2.77. The van der Waals surface area contributed by atoms with Crippen molar-refractivity contribution in [2.75, 3.05) is 0 Å². The molecule has 0 saturated carbocycles. The molecule has 0 unspecified atom stereocenters. The molecule has 0 spiro atoms. The number of hydrogen-bond donors (Lipinski definition) is 2. The molecule has 16 heavy (non-hydrogen) atoms. The Labute approximate surface area is 103 Å². The molecular formula is C11H11NO2S2. The Morgan fingerprint density at radius 3 is 3.06 bits per heavy atom. The highest BCUT2D eigenvalue weighted by Gasteiger charge is 2.06. The van der Waals surface area contributed by atoms with Crippen molar-refractivity contribution < 1.29 is 9.90 Å². The number of benzene rings is 1. The van der Waals surface area contributed by atoms with Gasteiger partial charge in [0.1, 0.15) is 4.34 Å². The maximum absolute atomic E-state index is 10.4. The van der Waals surface area contributed by atoms with Crippen molar-refractivity contribution in [1.29, 1.82) is 0 Å². The van der Waals surface area contributed by atoms with Crippen LogP contribution >= 0.6 is 24.0 Å². The highest BCUT2D eigenvalue weighted by molar-refractivity contribution is 7.82. The van der Waals surface area contributed by atoms with Crippen molar-refractivity contribution in [3.8, 4) is 0 Å². The lowest BCUT2D eigenvalue weighted by atomic mass is 10.1. The molecule has 0 atom stereocenters. The highest BCUT2D eigenvalue weighted by Crippen LogP contribution is 2.27. The van der Waals surface area contributed by atoms with Crippen LogP contribution in [-0.4, -0.2) is 16.1 Å². The number of fused-ring (bicyclic) bond motifs is 1. The number of thiol groups is 1. The van der Waals surface area contributed by atoms with E-state index in [1.165, 1.54) is 0 Å². The van der Waals surface area contributed by atoms with Crippen LogP contribution in [-0.2, 0) is 11.2 Å². The molecule has 5 heteroatoms. The van der Waals surface area contributed by atoms with E-state index in [2.05, 4.69) is 17.6 Å². The van der Waals surface area contributed by atoms with Gasteiger partial charge in [-0.1, -0.05) is 12.1 Å². The van der Waals surface area contributed by atoms with E-state index in [4.69, 9.17) is 5.11 Å². The first-order valence-corrected chi connectivity index (χ1v) is 6.22. The summed E-state index contributed by atoms with van der Waals surface area (Å²) in [5.74, 6) is -0.750. The van der Waals surface area contributed by atoms with Crippen molar-refractivity contribution in [2.24, 2.45) is 0 Å². The van der Waals surface area contributed by atoms with Gasteiger partial charge >= 0.3 is 5.97 Å². The number of thiazole rings is 1. The van der Waals surface area contributed by atoms with Gasteiger partial charge in [-0.25, -0.2) is 4.98 Å². The average Bonchev–Trinajstić information content (AvgIpc) is 2.58. The molecule has 0 aliphatic carbocycles. The van der Waals surface area contributed by atoms with Crippen LogP contribution in [0.1, 0.15) is 18.4 Å². The lowest BCUT2D eigenvalue weighted by Gasteiger charge is -2.00. The number of carbonyl (C=O) groups is 1. The molecule has 3 nitrogen and oxygen atoms in total. The summed E-state index contributed by atoms with van der Waals surface area (Å²) < 4.78 is 1.86. The standard InChI is InChI=1S/C11H11NO2S2/c13-9(14)6-2-4-7-3-1-5-8-10(7)12-11(15)16-8/h1,3,5H,2,4,6H2,(H,12,15)(H,13,14). The first-order chi connectivity index (χ1) is 7.66. The van der Waals surface area contributed by atoms with Crippen molar-refractivity contribution in [1.82, 2.24) is 4.98 Å². The van der Waals surface area contributed by atoms with E-state index in [-0.39, 0.29) is 6.42 Å². The third-order valence-corrected chi connectivity index (χ3v) is 3.53. The Kier molecular flexibility index (Phi) is 3.46. The lowest BCUT2D eigenvalue weighted by Crippen LogP contribution is -1.96. The zero-order chi connectivity index (χ0) is 11.5. The fraction of sp³-hybridized carbons (Fsp3) is 0.273. The summed E-state index contributed by atoms with van der Waals surface area (Å²) in [4.78, 5) is 14.8. The Hall–Kier alpha value is -1.07. The quantitative estimate of drug-likeness (QED) is 0.824. The Morgan fingerprint density at radius 1 is 1.50 bits per heavy atom. The van der Waals surface area contributed by atoms with Crippen LogP contribution in [0.3, 0.4) is 0 Å². The Balaban J connectivity index is 2.20. The topological polar surface area (TPSA) is 50.2 Å². The second kappa shape index (κ2) is 4.84. The normalized spacial score (nSPS) is 10.8. The zero-order valence-corrected chi connectivity index (χ0v) is 10.2. The highest BCUT2D eigenvalue weighted by atomic mass is 32.2. The number of hydrogen-bond acceptors (Lipinski definition) is 4. The van der Waals surface area contributed by atoms with Crippen molar-refractivity contribution in [2.45, 2.75) is 23.6 Å². The molecule has 1 aromatic heterocycles. The smallest absolute Gasteiger partial charge is 0.303 e. The number of rotatable bonds is 4. The minimum absolute atomic E-state index is 0.203. The van der Waals surface area contributed by atoms with E-state index in [1.54, 1.807) is 11.3 Å². The maximum atomic E-state index is 10.4. The minimum atomic E-state index is -0.750. The molecule has 0 aliphatic heterocycles. The zero-order valence-electron chi connectivity index (χ0n) is 8.51. The van der Waals surface area contributed by atoms with Crippen LogP contribution in [0, 0.1) is 0 Å². The van der Waals surface area contributed by atoms with Crippen LogP contribution in [0.4, 0.5) is 0 Å². The number of carboxylic acid groups (broad SMARTS) is 1. The van der Waals surface area contributed by atoms with Gasteiger partial charge in [-0.15, -0.1) is 24.0 Å². The summed E-state index contributed by atoms with van der Waals surface area (Å²) >= 11 is 5.77. The fourth-order valence-electron chi connectivity index (χ4n) is 1.63. The first-order valence-electron chi connectivity index (χ1n) is 4.96. The molecule has 0 radical (unpaired) electrons. The minimum Gasteiger partial charge on any atom is -0.481 e. The summed E-state index contributed by atoms with van der Waals surface area (Å²) in [5, 5.41) is 8.58. The third-order valence-electron chi connectivity index (χ3n) is 2.33. The Morgan fingerprint density at radius 2 is 2.31 bits per heavy atom. The number of nitrogens with zero attached hydrogens (tertiary/aromatic N) is 1. The molecule has 1 N–H and O–H groups in total. The van der Waals surface area contributed by atoms with E-state index in [9.17, 15) is 4.79 Å². The van der Waals surface area contributed by atoms with E-state index >= 15 is 0 Å². The number of aryl methyl sites for hydroxylation is 1. The molecule has 0 amide bonds.